The first-order chi connectivity index (χ1) is 8.47. The first-order valence-electron chi connectivity index (χ1n) is 5.87. The zero-order valence-electron chi connectivity index (χ0n) is 10.8. The molecular formula is C13H17N3O2. The molecular weight excluding hydrogens is 230 g/mol. The van der Waals surface area contributed by atoms with Crippen LogP contribution in [0, 0.1) is 0 Å². The summed E-state index contributed by atoms with van der Waals surface area (Å²) in [4.78, 5) is 23.6. The summed E-state index contributed by atoms with van der Waals surface area (Å²) in [6.07, 6.45) is 5.54. The van der Waals surface area contributed by atoms with E-state index in [1.54, 1.807) is 7.05 Å². The van der Waals surface area contributed by atoms with Crippen LogP contribution in [0.2, 0.25) is 0 Å². The third-order valence-electron chi connectivity index (χ3n) is 2.94. The molecule has 5 heteroatoms. The van der Waals surface area contributed by atoms with Crippen molar-refractivity contribution in [2.45, 2.75) is 26.4 Å². The van der Waals surface area contributed by atoms with Gasteiger partial charge in [0.05, 0.1) is 12.6 Å². The molecule has 1 aliphatic rings. The maximum Gasteiger partial charge on any atom is 0.330 e. The maximum atomic E-state index is 11.9. The van der Waals surface area contributed by atoms with E-state index in [1.807, 2.05) is 26.0 Å². The van der Waals surface area contributed by atoms with Gasteiger partial charge in [0.15, 0.2) is 0 Å². The zero-order chi connectivity index (χ0) is 13.3. The standard InChI is InChI=1S/C13H17N3O2/c1-9-6-10(2)14-11(7-9)8-16-12(17)4-5-15(3)13(16)18/h4-7,11,14H,8H2,1-3H3. The van der Waals surface area contributed by atoms with E-state index in [2.05, 4.69) is 5.32 Å². The average molecular weight is 247 g/mol. The van der Waals surface area contributed by atoms with Gasteiger partial charge in [-0.2, -0.15) is 0 Å². The monoisotopic (exact) mass is 247 g/mol. The van der Waals surface area contributed by atoms with Gasteiger partial charge < -0.3 is 9.88 Å². The first kappa shape index (κ1) is 12.4. The van der Waals surface area contributed by atoms with E-state index >= 15 is 0 Å². The van der Waals surface area contributed by atoms with Gasteiger partial charge in [0.25, 0.3) is 5.56 Å². The van der Waals surface area contributed by atoms with Gasteiger partial charge in [-0.1, -0.05) is 11.6 Å². The second-order valence-electron chi connectivity index (χ2n) is 4.65. The smallest absolute Gasteiger partial charge is 0.330 e. The molecule has 0 bridgehead atoms. The molecule has 0 amide bonds. The normalized spacial score (nSPS) is 18.9. The highest BCUT2D eigenvalue weighted by molar-refractivity contribution is 5.26. The molecule has 2 heterocycles. The van der Waals surface area contributed by atoms with Gasteiger partial charge in [0, 0.05) is 25.0 Å². The molecule has 1 aliphatic heterocycles. The summed E-state index contributed by atoms with van der Waals surface area (Å²) < 4.78 is 2.66. The molecule has 0 spiro atoms. The van der Waals surface area contributed by atoms with Crippen molar-refractivity contribution < 1.29 is 0 Å². The number of nitrogens with zero attached hydrogens (tertiary/aromatic N) is 2. The van der Waals surface area contributed by atoms with Crippen LogP contribution in [0.3, 0.4) is 0 Å². The van der Waals surface area contributed by atoms with Gasteiger partial charge in [-0.3, -0.25) is 9.36 Å². The molecule has 1 aromatic heterocycles. The number of aromatic nitrogens is 2. The highest BCUT2D eigenvalue weighted by Gasteiger charge is 2.13. The molecule has 0 saturated heterocycles. The van der Waals surface area contributed by atoms with Crippen molar-refractivity contribution >= 4 is 0 Å². The van der Waals surface area contributed by atoms with Gasteiger partial charge in [-0.25, -0.2) is 4.79 Å². The number of aryl methyl sites for hydroxylation is 1. The molecule has 1 unspecified atom stereocenters. The predicted molar refractivity (Wildman–Crippen MR) is 70.4 cm³/mol. The van der Waals surface area contributed by atoms with Crippen molar-refractivity contribution in [3.05, 3.63) is 56.5 Å². The number of allylic oxidation sites excluding steroid dienone is 3. The van der Waals surface area contributed by atoms with Crippen LogP contribution in [-0.2, 0) is 13.6 Å². The summed E-state index contributed by atoms with van der Waals surface area (Å²) in [5, 5.41) is 3.25. The zero-order valence-corrected chi connectivity index (χ0v) is 10.8. The van der Waals surface area contributed by atoms with Gasteiger partial charge >= 0.3 is 5.69 Å². The van der Waals surface area contributed by atoms with Crippen LogP contribution < -0.4 is 16.6 Å². The van der Waals surface area contributed by atoms with Gasteiger partial charge in [-0.15, -0.1) is 0 Å². The minimum atomic E-state index is -0.289. The summed E-state index contributed by atoms with van der Waals surface area (Å²) in [7, 11) is 1.64. The van der Waals surface area contributed by atoms with Crippen LogP contribution in [0.1, 0.15) is 13.8 Å². The summed E-state index contributed by atoms with van der Waals surface area (Å²) >= 11 is 0. The van der Waals surface area contributed by atoms with Crippen LogP contribution in [0.25, 0.3) is 0 Å². The SMILES string of the molecule is CC1=CC(Cn2c(=O)ccn(C)c2=O)NC(C)=C1. The summed E-state index contributed by atoms with van der Waals surface area (Å²) in [6.45, 7) is 4.31. The molecule has 1 atom stereocenters. The fourth-order valence-electron chi connectivity index (χ4n) is 2.16. The Kier molecular flexibility index (Phi) is 3.23. The molecule has 1 aromatic rings. The fraction of sp³-hybridized carbons (Fsp3) is 0.385. The molecule has 96 valence electrons. The van der Waals surface area contributed by atoms with Crippen molar-refractivity contribution in [3.8, 4) is 0 Å². The van der Waals surface area contributed by atoms with E-state index in [4.69, 9.17) is 0 Å². The number of rotatable bonds is 2. The fourth-order valence-corrected chi connectivity index (χ4v) is 2.16. The van der Waals surface area contributed by atoms with E-state index in [0.717, 1.165) is 11.3 Å². The lowest BCUT2D eigenvalue weighted by atomic mass is 10.1. The Labute approximate surface area is 105 Å². The van der Waals surface area contributed by atoms with Crippen molar-refractivity contribution in [2.75, 3.05) is 0 Å². The molecule has 1 N–H and O–H groups in total. The number of hydrogen-bond donors (Lipinski definition) is 1. The lowest BCUT2D eigenvalue weighted by molar-refractivity contribution is 0.505. The Bertz CT molecular complexity index is 634. The minimum Gasteiger partial charge on any atom is -0.381 e. The average Bonchev–Trinajstić information content (AvgIpc) is 2.28. The van der Waals surface area contributed by atoms with Crippen LogP contribution in [-0.4, -0.2) is 15.2 Å². The Balaban J connectivity index is 2.32. The highest BCUT2D eigenvalue weighted by Crippen LogP contribution is 2.09. The molecule has 2 rings (SSSR count). The van der Waals surface area contributed by atoms with Crippen LogP contribution in [0.4, 0.5) is 0 Å². The first-order valence-corrected chi connectivity index (χ1v) is 5.87. The van der Waals surface area contributed by atoms with Gasteiger partial charge in [0.2, 0.25) is 0 Å². The van der Waals surface area contributed by atoms with E-state index in [-0.39, 0.29) is 17.3 Å². The molecule has 0 radical (unpaired) electrons. The van der Waals surface area contributed by atoms with Gasteiger partial charge in [0.1, 0.15) is 0 Å². The summed E-state index contributed by atoms with van der Waals surface area (Å²) in [6, 6.07) is 1.38. The predicted octanol–water partition coefficient (Wildman–Crippen LogP) is 0.369. The molecule has 0 saturated carbocycles. The van der Waals surface area contributed by atoms with Crippen molar-refractivity contribution in [1.29, 1.82) is 0 Å². The lowest BCUT2D eigenvalue weighted by Gasteiger charge is -2.22. The molecule has 0 aliphatic carbocycles. The number of hydrogen-bond acceptors (Lipinski definition) is 3. The van der Waals surface area contributed by atoms with Crippen molar-refractivity contribution in [3.63, 3.8) is 0 Å². The maximum absolute atomic E-state index is 11.9. The van der Waals surface area contributed by atoms with Crippen LogP contribution in [0.5, 0.6) is 0 Å². The van der Waals surface area contributed by atoms with Gasteiger partial charge in [-0.05, 0) is 19.9 Å². The van der Waals surface area contributed by atoms with Crippen LogP contribution in [0.15, 0.2) is 45.3 Å². The second-order valence-corrected chi connectivity index (χ2v) is 4.65. The molecule has 18 heavy (non-hydrogen) atoms. The highest BCUT2D eigenvalue weighted by atomic mass is 16.2. The number of dihydropyridines is 1. The van der Waals surface area contributed by atoms with Crippen LogP contribution >= 0.6 is 0 Å². The quantitative estimate of drug-likeness (QED) is 0.821. The van der Waals surface area contributed by atoms with E-state index in [9.17, 15) is 9.59 Å². The molecule has 0 fully saturated rings. The Morgan fingerprint density at radius 2 is 2.06 bits per heavy atom. The van der Waals surface area contributed by atoms with E-state index in [0.29, 0.717) is 6.54 Å². The second kappa shape index (κ2) is 4.68. The van der Waals surface area contributed by atoms with Crippen molar-refractivity contribution in [2.24, 2.45) is 7.05 Å². The summed E-state index contributed by atoms with van der Waals surface area (Å²) in [5.41, 5.74) is 1.62. The Morgan fingerprint density at radius 3 is 2.72 bits per heavy atom. The number of nitrogens with one attached hydrogen (secondary N) is 1. The third kappa shape index (κ3) is 2.45. The lowest BCUT2D eigenvalue weighted by Crippen LogP contribution is -2.44. The topological polar surface area (TPSA) is 56.0 Å². The molecule has 5 nitrogen and oxygen atoms in total. The summed E-state index contributed by atoms with van der Waals surface area (Å²) in [5.74, 6) is 0. The van der Waals surface area contributed by atoms with Crippen molar-refractivity contribution in [1.82, 2.24) is 14.5 Å². The Hall–Kier alpha value is -2.04. The minimum absolute atomic E-state index is 0.0252. The largest absolute Gasteiger partial charge is 0.381 e. The third-order valence-corrected chi connectivity index (χ3v) is 2.94. The Morgan fingerprint density at radius 1 is 1.33 bits per heavy atom. The molecule has 0 aromatic carbocycles. The van der Waals surface area contributed by atoms with E-state index in [1.165, 1.54) is 21.4 Å². The van der Waals surface area contributed by atoms with E-state index < -0.39 is 0 Å².